The fraction of sp³-hybridized carbons (Fsp3) is 0.900. The van der Waals surface area contributed by atoms with E-state index in [1.807, 2.05) is 0 Å². The Morgan fingerprint density at radius 2 is 1.46 bits per heavy atom. The van der Waals surface area contributed by atoms with Crippen molar-refractivity contribution in [2.24, 2.45) is 0 Å². The van der Waals surface area contributed by atoms with Gasteiger partial charge in [-0.3, -0.25) is 0 Å². The van der Waals surface area contributed by atoms with Crippen molar-refractivity contribution >= 4 is 13.9 Å². The van der Waals surface area contributed by atoms with E-state index in [0.717, 1.165) is 0 Å². The van der Waals surface area contributed by atoms with Gasteiger partial charge in [0.05, 0.1) is 0 Å². The molecular formula is C10H24N2Si. The molecule has 0 aliphatic carbocycles. The van der Waals surface area contributed by atoms with Crippen LogP contribution in [-0.4, -0.2) is 18.7 Å². The third-order valence-electron chi connectivity index (χ3n) is 1.40. The molecular weight excluding hydrogens is 176 g/mol. The number of unbranched alkanes of at least 4 members (excludes halogenated alkanes) is 3. The highest BCUT2D eigenvalue weighted by Crippen LogP contribution is 1.95. The second-order valence-corrected chi connectivity index (χ2v) is 9.31. The molecule has 0 amide bonds. The van der Waals surface area contributed by atoms with Crippen LogP contribution >= 0.6 is 0 Å². The number of hydrogen-bond donors (Lipinski definition) is 0. The van der Waals surface area contributed by atoms with E-state index in [-0.39, 0.29) is 0 Å². The largest absolute Gasteiger partial charge is 0.363 e. The lowest BCUT2D eigenvalue weighted by Gasteiger charge is -1.95. The lowest BCUT2D eigenvalue weighted by molar-refractivity contribution is 0.00680. The Kier molecular flexibility index (Phi) is 11.2. The first-order valence-corrected chi connectivity index (χ1v) is 8.74. The van der Waals surface area contributed by atoms with Crippen LogP contribution in [0.1, 0.15) is 39.5 Å². The van der Waals surface area contributed by atoms with Crippen LogP contribution in [0.2, 0.25) is 19.6 Å². The lowest BCUT2D eigenvalue weighted by Crippen LogP contribution is -2.22. The minimum atomic E-state index is -1.20. The lowest BCUT2D eigenvalue weighted by atomic mass is 10.2. The molecule has 0 spiro atoms. The first-order valence-electron chi connectivity index (χ1n) is 5.16. The molecule has 0 aliphatic heterocycles. The van der Waals surface area contributed by atoms with Crippen molar-refractivity contribution in [1.29, 1.82) is 0 Å². The van der Waals surface area contributed by atoms with E-state index < -0.39 is 8.07 Å². The van der Waals surface area contributed by atoms with Gasteiger partial charge in [-0.1, -0.05) is 59.2 Å². The molecule has 0 saturated carbocycles. The van der Waals surface area contributed by atoms with Crippen LogP contribution in [0.25, 0.3) is 5.53 Å². The molecule has 0 aromatic carbocycles. The predicted octanol–water partition coefficient (Wildman–Crippen LogP) is 3.75. The standard InChI is InChI=1S/C6H14.C4H10N2Si/c1-3-5-6-4-2;1-7(2,3)4-6-5/h3-6H2,1-2H3;4H,1-3H3. The summed E-state index contributed by atoms with van der Waals surface area (Å²) in [6.07, 6.45) is 5.54. The summed E-state index contributed by atoms with van der Waals surface area (Å²) in [7, 11) is -1.20. The van der Waals surface area contributed by atoms with Crippen molar-refractivity contribution in [3.8, 4) is 0 Å². The highest BCUT2D eigenvalue weighted by Gasteiger charge is 2.14. The summed E-state index contributed by atoms with van der Waals surface area (Å²) in [5.41, 5.74) is 8.01. The second kappa shape index (κ2) is 9.68. The maximum absolute atomic E-state index is 8.01. The van der Waals surface area contributed by atoms with Gasteiger partial charge < -0.3 is 5.53 Å². The molecule has 0 unspecified atom stereocenters. The molecule has 0 radical (unpaired) electrons. The number of rotatable bonds is 4. The fourth-order valence-corrected chi connectivity index (χ4v) is 1.02. The van der Waals surface area contributed by atoms with Gasteiger partial charge in [-0.15, -0.1) is 0 Å². The Labute approximate surface area is 84.0 Å². The quantitative estimate of drug-likeness (QED) is 0.218. The summed E-state index contributed by atoms with van der Waals surface area (Å²) < 4.78 is 0. The Morgan fingerprint density at radius 3 is 1.54 bits per heavy atom. The van der Waals surface area contributed by atoms with Crippen LogP contribution < -0.4 is 0 Å². The summed E-state index contributed by atoms with van der Waals surface area (Å²) >= 11 is 0. The molecule has 0 saturated heterocycles. The topological polar surface area (TPSA) is 36.4 Å². The molecule has 2 nitrogen and oxygen atoms in total. The van der Waals surface area contributed by atoms with Crippen LogP contribution in [0.15, 0.2) is 0 Å². The minimum absolute atomic E-state index is 1.20. The third-order valence-corrected chi connectivity index (χ3v) is 2.29. The predicted molar refractivity (Wildman–Crippen MR) is 62.8 cm³/mol. The van der Waals surface area contributed by atoms with E-state index in [1.54, 1.807) is 5.84 Å². The van der Waals surface area contributed by atoms with Crippen molar-refractivity contribution < 1.29 is 4.79 Å². The van der Waals surface area contributed by atoms with Crippen molar-refractivity contribution in [3.63, 3.8) is 0 Å². The van der Waals surface area contributed by atoms with Crippen LogP contribution in [0, 0.1) is 0 Å². The highest BCUT2D eigenvalue weighted by atomic mass is 28.3. The molecule has 0 rings (SSSR count). The zero-order valence-corrected chi connectivity index (χ0v) is 10.8. The van der Waals surface area contributed by atoms with Crippen molar-refractivity contribution in [2.75, 3.05) is 0 Å². The summed E-state index contributed by atoms with van der Waals surface area (Å²) in [5.74, 6) is 1.63. The third kappa shape index (κ3) is 24.5. The van der Waals surface area contributed by atoms with Gasteiger partial charge in [-0.05, 0) is 0 Å². The molecule has 0 aromatic heterocycles. The molecule has 0 heterocycles. The van der Waals surface area contributed by atoms with E-state index in [9.17, 15) is 0 Å². The van der Waals surface area contributed by atoms with E-state index in [2.05, 4.69) is 38.3 Å². The van der Waals surface area contributed by atoms with Gasteiger partial charge in [0.15, 0.2) is 8.07 Å². The molecule has 0 fully saturated rings. The molecule has 0 bridgehead atoms. The van der Waals surface area contributed by atoms with Gasteiger partial charge in [0.1, 0.15) is 0 Å². The molecule has 0 aromatic rings. The van der Waals surface area contributed by atoms with Crippen LogP contribution in [0.5, 0.6) is 0 Å². The Hall–Kier alpha value is -0.403. The van der Waals surface area contributed by atoms with Gasteiger partial charge in [-0.2, -0.15) is 4.79 Å². The zero-order chi connectivity index (χ0) is 10.7. The maximum Gasteiger partial charge on any atom is 0.226 e. The SMILES string of the molecule is CCCCCC.C[Si](C)(C)C=[N+]=[N-]. The van der Waals surface area contributed by atoms with Crippen LogP contribution in [0.3, 0.4) is 0 Å². The van der Waals surface area contributed by atoms with E-state index in [0.29, 0.717) is 0 Å². The van der Waals surface area contributed by atoms with Crippen LogP contribution in [0.4, 0.5) is 0 Å². The minimum Gasteiger partial charge on any atom is -0.363 e. The first kappa shape index (κ1) is 15.1. The monoisotopic (exact) mass is 200 g/mol. The van der Waals surface area contributed by atoms with Gasteiger partial charge in [0.25, 0.3) is 0 Å². The van der Waals surface area contributed by atoms with Crippen molar-refractivity contribution in [1.82, 2.24) is 0 Å². The van der Waals surface area contributed by atoms with Gasteiger partial charge in [-0.25, -0.2) is 0 Å². The fourth-order valence-electron chi connectivity index (χ4n) is 0.673. The Bertz CT molecular complexity index is 139. The average Bonchev–Trinajstić information content (AvgIpc) is 1.99. The first-order chi connectivity index (χ1) is 5.97. The molecule has 0 atom stereocenters. The smallest absolute Gasteiger partial charge is 0.226 e. The highest BCUT2D eigenvalue weighted by molar-refractivity contribution is 6.98. The molecule has 0 aliphatic rings. The Balaban J connectivity index is 0. The zero-order valence-electron chi connectivity index (χ0n) is 9.80. The van der Waals surface area contributed by atoms with E-state index >= 15 is 0 Å². The average molecular weight is 200 g/mol. The summed E-state index contributed by atoms with van der Waals surface area (Å²) in [5, 5.41) is 0. The van der Waals surface area contributed by atoms with E-state index in [4.69, 9.17) is 5.53 Å². The van der Waals surface area contributed by atoms with Gasteiger partial charge in [0, 0.05) is 0 Å². The second-order valence-electron chi connectivity index (χ2n) is 4.32. The van der Waals surface area contributed by atoms with Crippen molar-refractivity contribution in [2.45, 2.75) is 59.2 Å². The summed E-state index contributed by atoms with van der Waals surface area (Å²) in [6.45, 7) is 10.8. The van der Waals surface area contributed by atoms with Gasteiger partial charge >= 0.3 is 0 Å². The van der Waals surface area contributed by atoms with E-state index in [1.165, 1.54) is 25.7 Å². The van der Waals surface area contributed by atoms with Crippen molar-refractivity contribution in [3.05, 3.63) is 5.53 Å². The molecule has 0 N–H and O–H groups in total. The summed E-state index contributed by atoms with van der Waals surface area (Å²) in [4.78, 5) is 2.94. The maximum atomic E-state index is 8.01. The molecule has 13 heavy (non-hydrogen) atoms. The molecule has 78 valence electrons. The van der Waals surface area contributed by atoms with Gasteiger partial charge in [0.2, 0.25) is 5.84 Å². The number of nitrogens with zero attached hydrogens (tertiary/aromatic N) is 2. The molecule has 3 heteroatoms. The summed E-state index contributed by atoms with van der Waals surface area (Å²) in [6, 6.07) is 0. The number of hydrogen-bond acceptors (Lipinski definition) is 0. The van der Waals surface area contributed by atoms with Crippen LogP contribution in [-0.2, 0) is 0 Å². The Morgan fingerprint density at radius 1 is 1.08 bits per heavy atom. The normalized spacial score (nSPS) is 9.62.